The highest BCUT2D eigenvalue weighted by Gasteiger charge is 2.58. The standard InChI is InChI=1S/C12H20N2O3/c1-13-6-3-9(7-13)8-14(2)10(15)12(4-5-12)11(16)17/h9H,3-8H2,1-2H3,(H,16,17). The third-order valence-electron chi connectivity index (χ3n) is 3.94. The molecule has 0 aromatic rings. The topological polar surface area (TPSA) is 60.9 Å². The molecule has 1 amide bonds. The van der Waals surface area contributed by atoms with Gasteiger partial charge in [-0.15, -0.1) is 0 Å². The molecule has 1 saturated carbocycles. The van der Waals surface area contributed by atoms with Gasteiger partial charge in [-0.3, -0.25) is 9.59 Å². The van der Waals surface area contributed by atoms with Crippen LogP contribution in [0, 0.1) is 11.3 Å². The lowest BCUT2D eigenvalue weighted by atomic mass is 10.0. The maximum Gasteiger partial charge on any atom is 0.319 e. The van der Waals surface area contributed by atoms with Gasteiger partial charge < -0.3 is 14.9 Å². The van der Waals surface area contributed by atoms with E-state index in [-0.39, 0.29) is 5.91 Å². The molecule has 1 atom stereocenters. The third-order valence-corrected chi connectivity index (χ3v) is 3.94. The van der Waals surface area contributed by atoms with Crippen molar-refractivity contribution in [3.63, 3.8) is 0 Å². The Morgan fingerprint density at radius 3 is 2.53 bits per heavy atom. The first kappa shape index (κ1) is 12.4. The van der Waals surface area contributed by atoms with E-state index in [2.05, 4.69) is 11.9 Å². The molecule has 0 aromatic carbocycles. The Labute approximate surface area is 101 Å². The molecule has 17 heavy (non-hydrogen) atoms. The van der Waals surface area contributed by atoms with Crippen LogP contribution >= 0.6 is 0 Å². The maximum atomic E-state index is 12.1. The average molecular weight is 240 g/mol. The van der Waals surface area contributed by atoms with Crippen LogP contribution in [0.4, 0.5) is 0 Å². The Kier molecular flexibility index (Phi) is 3.12. The molecule has 1 N–H and O–H groups in total. The normalized spacial score (nSPS) is 26.8. The smallest absolute Gasteiger partial charge is 0.319 e. The van der Waals surface area contributed by atoms with Gasteiger partial charge in [0.1, 0.15) is 5.41 Å². The predicted molar refractivity (Wildman–Crippen MR) is 62.5 cm³/mol. The molecule has 2 fully saturated rings. The average Bonchev–Trinajstić information content (AvgIpc) is 2.98. The van der Waals surface area contributed by atoms with E-state index in [1.165, 1.54) is 0 Å². The largest absolute Gasteiger partial charge is 0.480 e. The van der Waals surface area contributed by atoms with Crippen LogP contribution < -0.4 is 0 Å². The zero-order valence-electron chi connectivity index (χ0n) is 10.5. The Hall–Kier alpha value is -1.10. The summed E-state index contributed by atoms with van der Waals surface area (Å²) in [5.74, 6) is -0.684. The maximum absolute atomic E-state index is 12.1. The number of hydrogen-bond acceptors (Lipinski definition) is 3. The van der Waals surface area contributed by atoms with Crippen molar-refractivity contribution < 1.29 is 14.7 Å². The van der Waals surface area contributed by atoms with Crippen molar-refractivity contribution in [2.24, 2.45) is 11.3 Å². The molecular weight excluding hydrogens is 220 g/mol. The van der Waals surface area contributed by atoms with Gasteiger partial charge in [-0.1, -0.05) is 0 Å². The molecule has 2 aliphatic rings. The fraction of sp³-hybridized carbons (Fsp3) is 0.833. The van der Waals surface area contributed by atoms with E-state index < -0.39 is 11.4 Å². The molecule has 0 spiro atoms. The number of carboxylic acid groups (broad SMARTS) is 1. The molecular formula is C12H20N2O3. The van der Waals surface area contributed by atoms with Crippen molar-refractivity contribution >= 4 is 11.9 Å². The van der Waals surface area contributed by atoms with Gasteiger partial charge in [0.15, 0.2) is 0 Å². The minimum Gasteiger partial charge on any atom is -0.480 e. The summed E-state index contributed by atoms with van der Waals surface area (Å²) in [4.78, 5) is 27.0. The van der Waals surface area contributed by atoms with Crippen LogP contribution in [0.3, 0.4) is 0 Å². The number of rotatable bonds is 4. The first-order chi connectivity index (χ1) is 7.95. The summed E-state index contributed by atoms with van der Waals surface area (Å²) in [6.07, 6.45) is 2.08. The lowest BCUT2D eigenvalue weighted by Gasteiger charge is -2.24. The molecule has 5 heteroatoms. The summed E-state index contributed by atoms with van der Waals surface area (Å²) >= 11 is 0. The fourth-order valence-electron chi connectivity index (χ4n) is 2.66. The second-order valence-corrected chi connectivity index (χ2v) is 5.49. The SMILES string of the molecule is CN1CCC(CN(C)C(=O)C2(C(=O)O)CC2)C1. The molecule has 0 bridgehead atoms. The molecule has 1 unspecified atom stereocenters. The number of likely N-dealkylation sites (tertiary alicyclic amines) is 1. The first-order valence-corrected chi connectivity index (χ1v) is 6.13. The Morgan fingerprint density at radius 2 is 2.12 bits per heavy atom. The minimum atomic E-state index is -1.08. The number of carbonyl (C=O) groups is 2. The number of carboxylic acids is 1. The van der Waals surface area contributed by atoms with Crippen molar-refractivity contribution in [2.45, 2.75) is 19.3 Å². The van der Waals surface area contributed by atoms with Crippen molar-refractivity contribution in [3.05, 3.63) is 0 Å². The number of amides is 1. The molecule has 1 saturated heterocycles. The van der Waals surface area contributed by atoms with E-state index in [1.807, 2.05) is 0 Å². The van der Waals surface area contributed by atoms with Crippen LogP contribution in [-0.2, 0) is 9.59 Å². The van der Waals surface area contributed by atoms with E-state index in [0.717, 1.165) is 19.5 Å². The highest BCUT2D eigenvalue weighted by molar-refractivity contribution is 6.04. The molecule has 0 radical (unpaired) electrons. The van der Waals surface area contributed by atoms with Crippen LogP contribution in [0.5, 0.6) is 0 Å². The minimum absolute atomic E-state index is 0.209. The summed E-state index contributed by atoms with van der Waals surface area (Å²) < 4.78 is 0. The molecule has 5 nitrogen and oxygen atoms in total. The van der Waals surface area contributed by atoms with Gasteiger partial charge in [0.05, 0.1) is 0 Å². The second kappa shape index (κ2) is 4.29. The first-order valence-electron chi connectivity index (χ1n) is 6.13. The summed E-state index contributed by atoms with van der Waals surface area (Å²) in [5, 5.41) is 9.07. The van der Waals surface area contributed by atoms with Gasteiger partial charge in [0.25, 0.3) is 0 Å². The van der Waals surface area contributed by atoms with Gasteiger partial charge in [-0.25, -0.2) is 0 Å². The fourth-order valence-corrected chi connectivity index (χ4v) is 2.66. The summed E-state index contributed by atoms with van der Waals surface area (Å²) in [6.45, 7) is 2.74. The molecule has 1 aliphatic carbocycles. The van der Waals surface area contributed by atoms with Crippen LogP contribution in [-0.4, -0.2) is 60.5 Å². The van der Waals surface area contributed by atoms with E-state index in [0.29, 0.717) is 25.3 Å². The monoisotopic (exact) mass is 240 g/mol. The highest BCUT2D eigenvalue weighted by Crippen LogP contribution is 2.47. The molecule has 96 valence electrons. The highest BCUT2D eigenvalue weighted by atomic mass is 16.4. The number of nitrogens with zero attached hydrogens (tertiary/aromatic N) is 2. The van der Waals surface area contributed by atoms with Gasteiger partial charge in [0.2, 0.25) is 5.91 Å². The number of hydrogen-bond donors (Lipinski definition) is 1. The number of aliphatic carboxylic acids is 1. The summed E-state index contributed by atoms with van der Waals surface area (Å²) in [7, 11) is 3.80. The lowest BCUT2D eigenvalue weighted by Crippen LogP contribution is -2.41. The van der Waals surface area contributed by atoms with E-state index in [1.54, 1.807) is 11.9 Å². The molecule has 0 aromatic heterocycles. The van der Waals surface area contributed by atoms with Crippen molar-refractivity contribution in [3.8, 4) is 0 Å². The predicted octanol–water partition coefficient (Wildman–Crippen LogP) is 0.261. The van der Waals surface area contributed by atoms with Crippen LogP contribution in [0.1, 0.15) is 19.3 Å². The zero-order chi connectivity index (χ0) is 12.6. The zero-order valence-corrected chi connectivity index (χ0v) is 10.5. The van der Waals surface area contributed by atoms with Crippen molar-refractivity contribution in [2.75, 3.05) is 33.7 Å². The summed E-state index contributed by atoms with van der Waals surface area (Å²) in [6, 6.07) is 0. The second-order valence-electron chi connectivity index (χ2n) is 5.49. The van der Waals surface area contributed by atoms with Gasteiger partial charge in [0, 0.05) is 20.1 Å². The molecule has 1 heterocycles. The van der Waals surface area contributed by atoms with E-state index >= 15 is 0 Å². The molecule has 2 rings (SSSR count). The number of carbonyl (C=O) groups excluding carboxylic acids is 1. The van der Waals surface area contributed by atoms with Crippen molar-refractivity contribution in [1.29, 1.82) is 0 Å². The van der Waals surface area contributed by atoms with Gasteiger partial charge in [-0.05, 0) is 38.8 Å². The lowest BCUT2D eigenvalue weighted by molar-refractivity contribution is -0.153. The van der Waals surface area contributed by atoms with Crippen LogP contribution in [0.15, 0.2) is 0 Å². The Morgan fingerprint density at radius 1 is 1.47 bits per heavy atom. The van der Waals surface area contributed by atoms with E-state index in [4.69, 9.17) is 5.11 Å². The van der Waals surface area contributed by atoms with Gasteiger partial charge in [-0.2, -0.15) is 0 Å². The van der Waals surface area contributed by atoms with Gasteiger partial charge >= 0.3 is 5.97 Å². The van der Waals surface area contributed by atoms with E-state index in [9.17, 15) is 9.59 Å². The third kappa shape index (κ3) is 2.29. The molecule has 1 aliphatic heterocycles. The Bertz CT molecular complexity index is 339. The van der Waals surface area contributed by atoms with Crippen LogP contribution in [0.25, 0.3) is 0 Å². The summed E-state index contributed by atoms with van der Waals surface area (Å²) in [5.41, 5.74) is -1.08. The quantitative estimate of drug-likeness (QED) is 0.716. The Balaban J connectivity index is 1.90. The van der Waals surface area contributed by atoms with Crippen LogP contribution in [0.2, 0.25) is 0 Å². The van der Waals surface area contributed by atoms with Crippen molar-refractivity contribution in [1.82, 2.24) is 9.80 Å².